The predicted octanol–water partition coefficient (Wildman–Crippen LogP) is 2.27. The van der Waals surface area contributed by atoms with Crippen LogP contribution in [-0.2, 0) is 11.2 Å². The van der Waals surface area contributed by atoms with Gasteiger partial charge < -0.3 is 19.5 Å². The number of ether oxygens (including phenoxy) is 1. The van der Waals surface area contributed by atoms with Crippen LogP contribution in [0.5, 0.6) is 5.75 Å². The van der Waals surface area contributed by atoms with E-state index >= 15 is 0 Å². The van der Waals surface area contributed by atoms with Crippen molar-refractivity contribution in [3.05, 3.63) is 29.8 Å². The van der Waals surface area contributed by atoms with Crippen molar-refractivity contribution in [2.24, 2.45) is 4.99 Å². The Bertz CT molecular complexity index is 789. The van der Waals surface area contributed by atoms with Crippen LogP contribution in [0, 0.1) is 11.5 Å². The molecule has 25 heavy (non-hydrogen) atoms. The quantitative estimate of drug-likeness (QED) is 0.655. The van der Waals surface area contributed by atoms with Crippen LogP contribution in [0.3, 0.4) is 0 Å². The molecule has 2 aliphatic heterocycles. The van der Waals surface area contributed by atoms with E-state index in [-0.39, 0.29) is 4.90 Å². The molecule has 1 saturated heterocycles. The van der Waals surface area contributed by atoms with Crippen molar-refractivity contribution in [3.8, 4) is 11.9 Å². The summed E-state index contributed by atoms with van der Waals surface area (Å²) < 4.78 is 43.3. The van der Waals surface area contributed by atoms with Crippen molar-refractivity contribution in [3.63, 3.8) is 0 Å². The molecule has 3 rings (SSSR count). The van der Waals surface area contributed by atoms with Crippen molar-refractivity contribution in [2.45, 2.75) is 30.1 Å². The number of halogens is 2. The van der Waals surface area contributed by atoms with Gasteiger partial charge in [-0.15, -0.1) is 4.99 Å². The molecule has 2 aliphatic rings. The van der Waals surface area contributed by atoms with Gasteiger partial charge in [0.1, 0.15) is 11.4 Å². The van der Waals surface area contributed by atoms with Crippen molar-refractivity contribution in [1.29, 1.82) is 5.26 Å². The fourth-order valence-corrected chi connectivity index (χ4v) is 3.47. The lowest BCUT2D eigenvalue weighted by atomic mass is 9.98. The number of nitrogens with one attached hydrogen (secondary N) is 1. The molecular formula is C16H16F2N4O2S. The van der Waals surface area contributed by atoms with E-state index in [4.69, 9.17) is 10.00 Å². The van der Waals surface area contributed by atoms with Crippen molar-refractivity contribution >= 4 is 22.8 Å². The SMILES string of the molecule is CC1(C)C=C(N2CCNC2=NC#N)c2cc([S+]([O-])C(F)F)ccc2O1. The molecule has 1 aromatic carbocycles. The van der Waals surface area contributed by atoms with Gasteiger partial charge in [-0.05, 0) is 32.1 Å². The second kappa shape index (κ2) is 6.54. The van der Waals surface area contributed by atoms with Crippen molar-refractivity contribution in [2.75, 3.05) is 13.1 Å². The summed E-state index contributed by atoms with van der Waals surface area (Å²) in [6, 6.07) is 4.37. The van der Waals surface area contributed by atoms with E-state index in [0.29, 0.717) is 36.1 Å². The highest BCUT2D eigenvalue weighted by atomic mass is 32.2. The van der Waals surface area contributed by atoms with Crippen LogP contribution in [0.4, 0.5) is 8.78 Å². The minimum atomic E-state index is -2.96. The van der Waals surface area contributed by atoms with Crippen molar-refractivity contribution < 1.29 is 18.1 Å². The fourth-order valence-electron chi connectivity index (χ4n) is 2.83. The maximum Gasteiger partial charge on any atom is 0.402 e. The third kappa shape index (κ3) is 3.41. The second-order valence-corrected chi connectivity index (χ2v) is 7.49. The average Bonchev–Trinajstić information content (AvgIpc) is 3.00. The first kappa shape index (κ1) is 17.5. The number of rotatable bonds is 3. The Hall–Kier alpha value is -2.31. The first-order chi connectivity index (χ1) is 11.8. The highest BCUT2D eigenvalue weighted by Crippen LogP contribution is 2.39. The van der Waals surface area contributed by atoms with E-state index < -0.39 is 22.5 Å². The fraction of sp³-hybridized carbons (Fsp3) is 0.375. The molecule has 0 aromatic heterocycles. The monoisotopic (exact) mass is 366 g/mol. The normalized spacial score (nSPS) is 21.2. The van der Waals surface area contributed by atoms with Crippen LogP contribution >= 0.6 is 0 Å². The molecule has 0 bridgehead atoms. The van der Waals surface area contributed by atoms with Gasteiger partial charge in [-0.1, -0.05) is 0 Å². The summed E-state index contributed by atoms with van der Waals surface area (Å²) in [7, 11) is 0. The smallest absolute Gasteiger partial charge is 0.402 e. The molecule has 6 nitrogen and oxygen atoms in total. The number of nitrogens with zero attached hydrogens (tertiary/aromatic N) is 3. The molecule has 2 heterocycles. The Morgan fingerprint density at radius 2 is 2.24 bits per heavy atom. The van der Waals surface area contributed by atoms with E-state index in [1.807, 2.05) is 19.9 Å². The van der Waals surface area contributed by atoms with Gasteiger partial charge in [0.25, 0.3) is 0 Å². The maximum atomic E-state index is 12.8. The standard InChI is InChI=1S/C16H16F2N4O2S/c1-16(2)8-12(22-6-5-20-15(22)21-9-19)11-7-10(25(23)14(17)18)3-4-13(11)24-16/h3-4,7-8,14H,5-6H2,1-2H3,(H,20,21). The van der Waals surface area contributed by atoms with Gasteiger partial charge in [0, 0.05) is 24.7 Å². The first-order valence-electron chi connectivity index (χ1n) is 7.55. The predicted molar refractivity (Wildman–Crippen MR) is 89.3 cm³/mol. The highest BCUT2D eigenvalue weighted by molar-refractivity contribution is 7.91. The Kier molecular flexibility index (Phi) is 4.58. The van der Waals surface area contributed by atoms with Gasteiger partial charge in [0.15, 0.2) is 4.90 Å². The Morgan fingerprint density at radius 1 is 1.48 bits per heavy atom. The Balaban J connectivity index is 2.09. The number of alkyl halides is 2. The van der Waals surface area contributed by atoms with Gasteiger partial charge in [0.05, 0.1) is 16.9 Å². The topological polar surface area (TPSA) is 83.7 Å². The highest BCUT2D eigenvalue weighted by Gasteiger charge is 2.34. The van der Waals surface area contributed by atoms with Crippen LogP contribution in [-0.4, -0.2) is 39.9 Å². The summed E-state index contributed by atoms with van der Waals surface area (Å²) in [6.07, 6.45) is 3.58. The number of nitriles is 1. The van der Waals surface area contributed by atoms with Gasteiger partial charge in [0.2, 0.25) is 12.2 Å². The van der Waals surface area contributed by atoms with Gasteiger partial charge >= 0.3 is 5.76 Å². The van der Waals surface area contributed by atoms with Crippen LogP contribution in [0.25, 0.3) is 5.70 Å². The molecule has 0 spiro atoms. The molecular weight excluding hydrogens is 350 g/mol. The third-order valence-electron chi connectivity index (χ3n) is 3.80. The number of hydrogen-bond donors (Lipinski definition) is 1. The molecule has 1 atom stereocenters. The Morgan fingerprint density at radius 3 is 2.92 bits per heavy atom. The summed E-state index contributed by atoms with van der Waals surface area (Å²) >= 11 is -2.41. The van der Waals surface area contributed by atoms with E-state index in [0.717, 1.165) is 0 Å². The zero-order chi connectivity index (χ0) is 18.2. The third-order valence-corrected chi connectivity index (χ3v) is 4.84. The van der Waals surface area contributed by atoms with Crippen LogP contribution < -0.4 is 10.1 Å². The molecule has 0 amide bonds. The maximum absolute atomic E-state index is 12.8. The summed E-state index contributed by atoms with van der Waals surface area (Å²) in [5.74, 6) is -2.07. The minimum absolute atomic E-state index is 0.0221. The summed E-state index contributed by atoms with van der Waals surface area (Å²) in [4.78, 5) is 5.58. The van der Waals surface area contributed by atoms with E-state index in [1.54, 1.807) is 17.2 Å². The molecule has 1 fully saturated rings. The molecule has 9 heteroatoms. The molecule has 132 valence electrons. The number of aliphatic imine (C=N–C) groups is 1. The van der Waals surface area contributed by atoms with Crippen LogP contribution in [0.15, 0.2) is 34.2 Å². The van der Waals surface area contributed by atoms with Gasteiger partial charge in [-0.2, -0.15) is 14.0 Å². The van der Waals surface area contributed by atoms with E-state index in [2.05, 4.69) is 10.3 Å². The molecule has 1 unspecified atom stereocenters. The number of fused-ring (bicyclic) bond motifs is 1. The zero-order valence-corrected chi connectivity index (χ0v) is 14.4. The molecule has 1 aromatic rings. The van der Waals surface area contributed by atoms with Gasteiger partial charge in [-0.3, -0.25) is 0 Å². The van der Waals surface area contributed by atoms with E-state index in [1.165, 1.54) is 12.1 Å². The lowest BCUT2D eigenvalue weighted by Crippen LogP contribution is -2.35. The molecule has 0 aliphatic carbocycles. The summed E-state index contributed by atoms with van der Waals surface area (Å²) in [6.45, 7) is 4.89. The lowest BCUT2D eigenvalue weighted by Gasteiger charge is -2.34. The minimum Gasteiger partial charge on any atom is -0.607 e. The Labute approximate surface area is 147 Å². The van der Waals surface area contributed by atoms with Crippen LogP contribution in [0.2, 0.25) is 0 Å². The second-order valence-electron chi connectivity index (χ2n) is 6.06. The van der Waals surface area contributed by atoms with Gasteiger partial charge in [-0.25, -0.2) is 0 Å². The zero-order valence-electron chi connectivity index (χ0n) is 13.6. The molecule has 0 saturated carbocycles. The molecule has 1 N–H and O–H groups in total. The first-order valence-corrected chi connectivity index (χ1v) is 8.77. The largest absolute Gasteiger partial charge is 0.607 e. The average molecular weight is 366 g/mol. The number of guanidine groups is 1. The van der Waals surface area contributed by atoms with Crippen LogP contribution in [0.1, 0.15) is 19.4 Å². The number of hydrogen-bond acceptors (Lipinski definition) is 4. The molecule has 0 radical (unpaired) electrons. The van der Waals surface area contributed by atoms with E-state index in [9.17, 15) is 13.3 Å². The summed E-state index contributed by atoms with van der Waals surface area (Å²) in [5.41, 5.74) is 0.588. The van der Waals surface area contributed by atoms with Crippen molar-refractivity contribution in [1.82, 2.24) is 10.2 Å². The lowest BCUT2D eigenvalue weighted by molar-refractivity contribution is 0.156. The number of benzene rings is 1. The summed E-state index contributed by atoms with van der Waals surface area (Å²) in [5, 5.41) is 11.9.